The van der Waals surface area contributed by atoms with Crippen LogP contribution >= 0.6 is 0 Å². The monoisotopic (exact) mass is 552 g/mol. The average Bonchev–Trinajstić information content (AvgIpc) is 3.59. The van der Waals surface area contributed by atoms with Crippen LogP contribution in [0.3, 0.4) is 0 Å². The highest BCUT2D eigenvalue weighted by molar-refractivity contribution is 5.91. The van der Waals surface area contributed by atoms with E-state index >= 15 is 0 Å². The Hall–Kier alpha value is -4.54. The zero-order valence-electron chi connectivity index (χ0n) is 21.1. The summed E-state index contributed by atoms with van der Waals surface area (Å²) in [6.07, 6.45) is 3.06. The van der Waals surface area contributed by atoms with Crippen molar-refractivity contribution in [2.75, 3.05) is 6.54 Å². The number of hydrogen-bond donors (Lipinski definition) is 0. The number of ether oxygens (including phenoxy) is 1. The van der Waals surface area contributed by atoms with E-state index in [1.54, 1.807) is 24.3 Å². The summed E-state index contributed by atoms with van der Waals surface area (Å²) in [5.41, 5.74) is 0.402. The lowest BCUT2D eigenvalue weighted by Gasteiger charge is -2.23. The second kappa shape index (κ2) is 11.7. The molecule has 1 aliphatic heterocycles. The van der Waals surface area contributed by atoms with Gasteiger partial charge in [-0.1, -0.05) is 17.3 Å². The normalized spacial score (nSPS) is 16.8. The number of benzene rings is 3. The molecule has 0 unspecified atom stereocenters. The van der Waals surface area contributed by atoms with Crippen LogP contribution in [0, 0.1) is 29.2 Å². The molecule has 0 spiro atoms. The first-order valence-corrected chi connectivity index (χ1v) is 12.6. The predicted molar refractivity (Wildman–Crippen MR) is 135 cm³/mol. The van der Waals surface area contributed by atoms with Crippen molar-refractivity contribution in [3.05, 3.63) is 107 Å². The van der Waals surface area contributed by atoms with Crippen molar-refractivity contribution in [3.63, 3.8) is 0 Å². The Labute approximate surface area is 227 Å². The summed E-state index contributed by atoms with van der Waals surface area (Å²) in [5.74, 6) is -3.49. The zero-order chi connectivity index (χ0) is 28.2. The molecule has 7 nitrogen and oxygen atoms in total. The van der Waals surface area contributed by atoms with Gasteiger partial charge in [-0.2, -0.15) is 0 Å². The van der Waals surface area contributed by atoms with Crippen LogP contribution in [0.2, 0.25) is 0 Å². The summed E-state index contributed by atoms with van der Waals surface area (Å²) in [6.45, 7) is -0.0458. The van der Waals surface area contributed by atoms with Gasteiger partial charge in [0.2, 0.25) is 5.91 Å². The quantitative estimate of drug-likeness (QED) is 0.276. The highest BCUT2D eigenvalue weighted by Crippen LogP contribution is 2.30. The number of aromatic nitrogens is 3. The molecule has 1 aromatic heterocycles. The molecular formula is C29H24F4N4O3. The molecule has 5 rings (SSSR count). The molecule has 1 aliphatic rings. The molecule has 2 atom stereocenters. The van der Waals surface area contributed by atoms with Gasteiger partial charge in [0.05, 0.1) is 12.2 Å². The van der Waals surface area contributed by atoms with Crippen LogP contribution < -0.4 is 4.74 Å². The first-order chi connectivity index (χ1) is 19.2. The molecule has 11 heteroatoms. The number of hydrogen-bond acceptors (Lipinski definition) is 5. The molecule has 0 aliphatic carbocycles. The summed E-state index contributed by atoms with van der Waals surface area (Å²) in [6, 6.07) is 12.8. The largest absolute Gasteiger partial charge is 0.457 e. The standard InChI is InChI=1S/C29H24F4N4O3/c30-20-3-7-23(8-4-20)40-22-5-1-18(2-6-22)13-28(38)27-12-19(11-24-25(32)14-21(31)15-26(24)33)16-37(27)29(39)17-36-10-9-34-35-36/h1-10,14-15,19,27H,11-13,16-17H2/t19-,27+/m1/s1. The first-order valence-electron chi connectivity index (χ1n) is 12.6. The second-order valence-corrected chi connectivity index (χ2v) is 9.66. The fraction of sp³-hybridized carbons (Fsp3) is 0.241. The minimum Gasteiger partial charge on any atom is -0.457 e. The lowest BCUT2D eigenvalue weighted by atomic mass is 9.93. The van der Waals surface area contributed by atoms with Gasteiger partial charge in [0, 0.05) is 36.9 Å². The summed E-state index contributed by atoms with van der Waals surface area (Å²) in [4.78, 5) is 28.0. The van der Waals surface area contributed by atoms with Crippen LogP contribution in [-0.4, -0.2) is 44.2 Å². The lowest BCUT2D eigenvalue weighted by Crippen LogP contribution is -2.42. The molecule has 0 radical (unpaired) electrons. The average molecular weight is 553 g/mol. The van der Waals surface area contributed by atoms with E-state index < -0.39 is 29.4 Å². The Morgan fingerprint density at radius 1 is 0.900 bits per heavy atom. The Morgan fingerprint density at radius 3 is 2.17 bits per heavy atom. The third-order valence-corrected chi connectivity index (χ3v) is 6.80. The molecular weight excluding hydrogens is 528 g/mol. The Kier molecular flexibility index (Phi) is 7.90. The number of carbonyl (C=O) groups is 2. The number of rotatable bonds is 9. The van der Waals surface area contributed by atoms with Crippen LogP contribution in [0.25, 0.3) is 0 Å². The molecule has 1 amide bonds. The third kappa shape index (κ3) is 6.36. The van der Waals surface area contributed by atoms with Gasteiger partial charge in [0.1, 0.15) is 41.3 Å². The third-order valence-electron chi connectivity index (χ3n) is 6.80. The number of amides is 1. The molecule has 0 N–H and O–H groups in total. The van der Waals surface area contributed by atoms with Crippen molar-refractivity contribution >= 4 is 11.7 Å². The number of Topliss-reactive ketones (excluding diaryl/α,β-unsaturated/α-hetero) is 1. The van der Waals surface area contributed by atoms with Gasteiger partial charge in [-0.05, 0) is 60.7 Å². The summed E-state index contributed by atoms with van der Waals surface area (Å²) in [7, 11) is 0. The second-order valence-electron chi connectivity index (χ2n) is 9.66. The van der Waals surface area contributed by atoms with E-state index in [9.17, 15) is 27.2 Å². The molecule has 0 saturated carbocycles. The van der Waals surface area contributed by atoms with Gasteiger partial charge in [0.15, 0.2) is 5.78 Å². The minimum atomic E-state index is -1.02. The van der Waals surface area contributed by atoms with Gasteiger partial charge in [-0.25, -0.2) is 22.2 Å². The molecule has 3 aromatic carbocycles. The molecule has 1 saturated heterocycles. The van der Waals surface area contributed by atoms with Crippen LogP contribution in [-0.2, 0) is 29.0 Å². The van der Waals surface area contributed by atoms with Gasteiger partial charge in [0.25, 0.3) is 0 Å². The smallest absolute Gasteiger partial charge is 0.244 e. The molecule has 1 fully saturated rings. The van der Waals surface area contributed by atoms with Gasteiger partial charge < -0.3 is 9.64 Å². The van der Waals surface area contributed by atoms with E-state index in [4.69, 9.17) is 4.74 Å². The maximum absolute atomic E-state index is 14.3. The predicted octanol–water partition coefficient (Wildman–Crippen LogP) is 4.90. The SMILES string of the molecule is O=C(Cc1ccc(Oc2ccc(F)cc2)cc1)[C@@H]1C[C@@H](Cc2c(F)cc(F)cc2F)CN1C(=O)Cn1ccnn1. The van der Waals surface area contributed by atoms with E-state index in [0.717, 1.165) is 0 Å². The minimum absolute atomic E-state index is 0.0145. The van der Waals surface area contributed by atoms with Crippen molar-refractivity contribution in [1.29, 1.82) is 0 Å². The molecule has 0 bridgehead atoms. The van der Waals surface area contributed by atoms with Crippen LogP contribution in [0.4, 0.5) is 17.6 Å². The fourth-order valence-corrected chi connectivity index (χ4v) is 4.89. The number of ketones is 1. The molecule has 40 heavy (non-hydrogen) atoms. The van der Waals surface area contributed by atoms with Crippen molar-refractivity contribution in [3.8, 4) is 11.5 Å². The maximum Gasteiger partial charge on any atom is 0.244 e. The van der Waals surface area contributed by atoms with E-state index in [-0.39, 0.29) is 55.4 Å². The Balaban J connectivity index is 1.29. The fourth-order valence-electron chi connectivity index (χ4n) is 4.89. The van der Waals surface area contributed by atoms with Crippen molar-refractivity contribution in [1.82, 2.24) is 19.9 Å². The summed E-state index contributed by atoms with van der Waals surface area (Å²) < 4.78 is 62.2. The maximum atomic E-state index is 14.3. The van der Waals surface area contributed by atoms with Crippen LogP contribution in [0.5, 0.6) is 11.5 Å². The van der Waals surface area contributed by atoms with Crippen LogP contribution in [0.1, 0.15) is 17.5 Å². The van der Waals surface area contributed by atoms with Gasteiger partial charge >= 0.3 is 0 Å². The van der Waals surface area contributed by atoms with Crippen molar-refractivity contribution in [2.24, 2.45) is 5.92 Å². The van der Waals surface area contributed by atoms with Gasteiger partial charge in [-0.15, -0.1) is 5.10 Å². The van der Waals surface area contributed by atoms with E-state index in [1.165, 1.54) is 46.2 Å². The molecule has 4 aromatic rings. The Morgan fingerprint density at radius 2 is 1.55 bits per heavy atom. The zero-order valence-corrected chi connectivity index (χ0v) is 21.1. The topological polar surface area (TPSA) is 77.3 Å². The molecule has 206 valence electrons. The highest BCUT2D eigenvalue weighted by Gasteiger charge is 2.39. The summed E-state index contributed by atoms with van der Waals surface area (Å²) in [5, 5.41) is 7.48. The van der Waals surface area contributed by atoms with Crippen molar-refractivity contribution < 1.29 is 31.9 Å². The molecule has 2 heterocycles. The number of halogens is 4. The van der Waals surface area contributed by atoms with Crippen molar-refractivity contribution in [2.45, 2.75) is 31.8 Å². The number of carbonyl (C=O) groups excluding carboxylic acids is 2. The number of nitrogens with zero attached hydrogens (tertiary/aromatic N) is 4. The van der Waals surface area contributed by atoms with Gasteiger partial charge in [-0.3, -0.25) is 9.59 Å². The highest BCUT2D eigenvalue weighted by atomic mass is 19.1. The first kappa shape index (κ1) is 27.0. The number of likely N-dealkylation sites (tertiary alicyclic amines) is 1. The van der Waals surface area contributed by atoms with E-state index in [2.05, 4.69) is 10.3 Å². The summed E-state index contributed by atoms with van der Waals surface area (Å²) >= 11 is 0. The van der Waals surface area contributed by atoms with E-state index in [0.29, 0.717) is 29.2 Å². The Bertz CT molecular complexity index is 1470. The lowest BCUT2D eigenvalue weighted by molar-refractivity contribution is -0.138. The van der Waals surface area contributed by atoms with Crippen LogP contribution in [0.15, 0.2) is 73.1 Å². The van der Waals surface area contributed by atoms with E-state index in [1.807, 2.05) is 0 Å².